The van der Waals surface area contributed by atoms with Gasteiger partial charge in [0.15, 0.2) is 11.0 Å². The third kappa shape index (κ3) is 3.71. The zero-order valence-corrected chi connectivity index (χ0v) is 13.2. The van der Waals surface area contributed by atoms with E-state index in [9.17, 15) is 9.90 Å². The van der Waals surface area contributed by atoms with Gasteiger partial charge in [-0.2, -0.15) is 0 Å². The minimum absolute atomic E-state index is 0.0667. The van der Waals surface area contributed by atoms with Crippen molar-refractivity contribution in [3.8, 4) is 5.75 Å². The SMILES string of the molecule is O=C(Nc1ccccc1O)[C@H]1CCCN(c2ccc(Cl)nn2)C1. The fourth-order valence-electron chi connectivity index (χ4n) is 2.69. The second kappa shape index (κ2) is 6.83. The number of amides is 1. The van der Waals surface area contributed by atoms with Crippen LogP contribution in [0.15, 0.2) is 36.4 Å². The third-order valence-electron chi connectivity index (χ3n) is 3.90. The highest BCUT2D eigenvalue weighted by atomic mass is 35.5. The van der Waals surface area contributed by atoms with Crippen LogP contribution >= 0.6 is 11.6 Å². The van der Waals surface area contributed by atoms with E-state index in [0.29, 0.717) is 17.4 Å². The van der Waals surface area contributed by atoms with Gasteiger partial charge in [-0.15, -0.1) is 10.2 Å². The van der Waals surface area contributed by atoms with E-state index >= 15 is 0 Å². The van der Waals surface area contributed by atoms with Crippen molar-refractivity contribution in [3.05, 3.63) is 41.6 Å². The topological polar surface area (TPSA) is 78.4 Å². The van der Waals surface area contributed by atoms with E-state index < -0.39 is 0 Å². The first-order valence-corrected chi connectivity index (χ1v) is 7.84. The van der Waals surface area contributed by atoms with Crippen molar-refractivity contribution in [2.24, 2.45) is 5.92 Å². The Balaban J connectivity index is 1.67. The number of anilines is 2. The first kappa shape index (κ1) is 15.6. The summed E-state index contributed by atoms with van der Waals surface area (Å²) in [7, 11) is 0. The molecule has 7 heteroatoms. The summed E-state index contributed by atoms with van der Waals surface area (Å²) in [6, 6.07) is 10.2. The number of carbonyl (C=O) groups excluding carboxylic acids is 1. The molecule has 1 saturated heterocycles. The molecular formula is C16H17ClN4O2. The molecule has 23 heavy (non-hydrogen) atoms. The van der Waals surface area contributed by atoms with E-state index in [0.717, 1.165) is 25.2 Å². The summed E-state index contributed by atoms with van der Waals surface area (Å²) >= 11 is 5.75. The number of benzene rings is 1. The molecule has 0 radical (unpaired) electrons. The fraction of sp³-hybridized carbons (Fsp3) is 0.312. The van der Waals surface area contributed by atoms with Crippen LogP contribution in [0.2, 0.25) is 5.15 Å². The average Bonchev–Trinajstić information content (AvgIpc) is 2.58. The lowest BCUT2D eigenvalue weighted by molar-refractivity contribution is -0.120. The lowest BCUT2D eigenvalue weighted by Crippen LogP contribution is -2.41. The summed E-state index contributed by atoms with van der Waals surface area (Å²) < 4.78 is 0. The van der Waals surface area contributed by atoms with Crippen LogP contribution in [0.25, 0.3) is 0 Å². The van der Waals surface area contributed by atoms with E-state index in [1.54, 1.807) is 36.4 Å². The molecule has 0 saturated carbocycles. The lowest BCUT2D eigenvalue weighted by atomic mass is 9.97. The Bertz CT molecular complexity index is 693. The van der Waals surface area contributed by atoms with Gasteiger partial charge in [0.1, 0.15) is 5.75 Å². The first-order valence-electron chi connectivity index (χ1n) is 7.46. The van der Waals surface area contributed by atoms with Crippen molar-refractivity contribution >= 4 is 29.0 Å². The van der Waals surface area contributed by atoms with Crippen LogP contribution in [-0.2, 0) is 4.79 Å². The number of aromatic hydroxyl groups is 1. The van der Waals surface area contributed by atoms with Gasteiger partial charge in [0.05, 0.1) is 11.6 Å². The standard InChI is InChI=1S/C16H17ClN4O2/c17-14-7-8-15(20-19-14)21-9-3-4-11(10-21)16(23)18-12-5-1-2-6-13(12)22/h1-2,5-8,11,22H,3-4,9-10H2,(H,18,23)/t11-/m0/s1. The van der Waals surface area contributed by atoms with Gasteiger partial charge in [-0.25, -0.2) is 0 Å². The van der Waals surface area contributed by atoms with Crippen LogP contribution in [0.5, 0.6) is 5.75 Å². The molecule has 1 fully saturated rings. The summed E-state index contributed by atoms with van der Waals surface area (Å²) in [5.41, 5.74) is 0.431. The number of hydrogen-bond donors (Lipinski definition) is 2. The summed E-state index contributed by atoms with van der Waals surface area (Å²) in [5, 5.41) is 20.8. The molecule has 0 bridgehead atoms. The van der Waals surface area contributed by atoms with Crippen molar-refractivity contribution < 1.29 is 9.90 Å². The number of para-hydroxylation sites is 2. The Labute approximate surface area is 139 Å². The number of nitrogens with zero attached hydrogens (tertiary/aromatic N) is 3. The molecule has 3 rings (SSSR count). The number of nitrogens with one attached hydrogen (secondary N) is 1. The van der Waals surface area contributed by atoms with E-state index in [2.05, 4.69) is 15.5 Å². The number of halogens is 1. The van der Waals surface area contributed by atoms with Gasteiger partial charge in [-0.1, -0.05) is 23.7 Å². The minimum Gasteiger partial charge on any atom is -0.506 e. The Kier molecular flexibility index (Phi) is 4.62. The number of carbonyl (C=O) groups is 1. The number of hydrogen-bond acceptors (Lipinski definition) is 5. The molecule has 2 N–H and O–H groups in total. The van der Waals surface area contributed by atoms with Crippen LogP contribution < -0.4 is 10.2 Å². The van der Waals surface area contributed by atoms with Crippen LogP contribution in [0, 0.1) is 5.92 Å². The van der Waals surface area contributed by atoms with Gasteiger partial charge in [-0.05, 0) is 37.1 Å². The predicted molar refractivity (Wildman–Crippen MR) is 88.7 cm³/mol. The normalized spacial score (nSPS) is 17.8. The maximum absolute atomic E-state index is 12.4. The van der Waals surface area contributed by atoms with Gasteiger partial charge < -0.3 is 15.3 Å². The molecule has 0 unspecified atom stereocenters. The van der Waals surface area contributed by atoms with Crippen molar-refractivity contribution in [1.29, 1.82) is 0 Å². The summed E-state index contributed by atoms with van der Waals surface area (Å²) in [5.74, 6) is 0.519. The fourth-order valence-corrected chi connectivity index (χ4v) is 2.79. The molecule has 2 heterocycles. The smallest absolute Gasteiger partial charge is 0.229 e. The molecule has 1 aromatic carbocycles. The van der Waals surface area contributed by atoms with E-state index in [1.165, 1.54) is 0 Å². The van der Waals surface area contributed by atoms with Gasteiger partial charge in [0, 0.05) is 13.1 Å². The Morgan fingerprint density at radius 1 is 1.26 bits per heavy atom. The second-order valence-electron chi connectivity index (χ2n) is 5.51. The zero-order chi connectivity index (χ0) is 16.2. The molecule has 1 aromatic heterocycles. The third-order valence-corrected chi connectivity index (χ3v) is 4.10. The number of piperidine rings is 1. The average molecular weight is 333 g/mol. The molecule has 1 aliphatic heterocycles. The van der Waals surface area contributed by atoms with Crippen molar-refractivity contribution in [1.82, 2.24) is 10.2 Å². The van der Waals surface area contributed by atoms with Crippen LogP contribution in [-0.4, -0.2) is 34.3 Å². The highest BCUT2D eigenvalue weighted by Gasteiger charge is 2.27. The molecule has 6 nitrogen and oxygen atoms in total. The molecule has 120 valence electrons. The van der Waals surface area contributed by atoms with Crippen molar-refractivity contribution in [3.63, 3.8) is 0 Å². The van der Waals surface area contributed by atoms with E-state index in [4.69, 9.17) is 11.6 Å². The van der Waals surface area contributed by atoms with Crippen LogP contribution in [0.1, 0.15) is 12.8 Å². The highest BCUT2D eigenvalue weighted by molar-refractivity contribution is 6.29. The second-order valence-corrected chi connectivity index (χ2v) is 5.89. The summed E-state index contributed by atoms with van der Waals surface area (Å²) in [4.78, 5) is 14.5. The van der Waals surface area contributed by atoms with Crippen LogP contribution in [0.3, 0.4) is 0 Å². The van der Waals surface area contributed by atoms with Gasteiger partial charge >= 0.3 is 0 Å². The zero-order valence-electron chi connectivity index (χ0n) is 12.4. The summed E-state index contributed by atoms with van der Waals surface area (Å²) in [6.07, 6.45) is 1.69. The predicted octanol–water partition coefficient (Wildman–Crippen LogP) is 2.69. The van der Waals surface area contributed by atoms with Crippen molar-refractivity contribution in [2.75, 3.05) is 23.3 Å². The molecule has 0 aliphatic carbocycles. The molecule has 2 aromatic rings. The van der Waals surface area contributed by atoms with E-state index in [-0.39, 0.29) is 17.6 Å². The van der Waals surface area contributed by atoms with Gasteiger partial charge in [0.25, 0.3) is 0 Å². The Morgan fingerprint density at radius 2 is 2.09 bits per heavy atom. The molecular weight excluding hydrogens is 316 g/mol. The Morgan fingerprint density at radius 3 is 2.83 bits per heavy atom. The maximum Gasteiger partial charge on any atom is 0.229 e. The minimum atomic E-state index is -0.166. The monoisotopic (exact) mass is 332 g/mol. The number of phenols is 1. The van der Waals surface area contributed by atoms with Crippen molar-refractivity contribution in [2.45, 2.75) is 12.8 Å². The number of rotatable bonds is 3. The quantitative estimate of drug-likeness (QED) is 0.845. The Hall–Kier alpha value is -2.34. The van der Waals surface area contributed by atoms with Gasteiger partial charge in [-0.3, -0.25) is 4.79 Å². The molecule has 1 amide bonds. The number of aromatic nitrogens is 2. The van der Waals surface area contributed by atoms with Gasteiger partial charge in [0.2, 0.25) is 5.91 Å². The summed E-state index contributed by atoms with van der Waals surface area (Å²) in [6.45, 7) is 1.40. The molecule has 1 atom stereocenters. The largest absolute Gasteiger partial charge is 0.506 e. The molecule has 1 aliphatic rings. The maximum atomic E-state index is 12.4. The number of phenolic OH excluding ortho intramolecular Hbond substituents is 1. The van der Waals surface area contributed by atoms with Crippen LogP contribution in [0.4, 0.5) is 11.5 Å². The first-order chi connectivity index (χ1) is 11.1. The lowest BCUT2D eigenvalue weighted by Gasteiger charge is -2.32. The highest BCUT2D eigenvalue weighted by Crippen LogP contribution is 2.26. The van der Waals surface area contributed by atoms with E-state index in [1.807, 2.05) is 4.90 Å². The molecule has 0 spiro atoms.